The van der Waals surface area contributed by atoms with Gasteiger partial charge < -0.3 is 15.8 Å². The van der Waals surface area contributed by atoms with E-state index in [1.54, 1.807) is 6.20 Å². The molecule has 0 radical (unpaired) electrons. The second-order valence-electron chi connectivity index (χ2n) is 2.23. The van der Waals surface area contributed by atoms with E-state index in [0.29, 0.717) is 0 Å². The average molecular weight is 268 g/mol. The van der Waals surface area contributed by atoms with E-state index < -0.39 is 12.0 Å². The van der Waals surface area contributed by atoms with E-state index in [1.165, 1.54) is 6.33 Å². The number of aliphatic carboxylic acids is 1. The SMILES string of the molecule is N[C@@H](Cc1cnc[nH]1)C(=O)O.[Cd]. The first-order valence-electron chi connectivity index (χ1n) is 3.16. The number of aromatic nitrogens is 2. The topological polar surface area (TPSA) is 92.0 Å². The van der Waals surface area contributed by atoms with Crippen molar-refractivity contribution >= 4 is 5.97 Å². The molecule has 62 valence electrons. The minimum absolute atomic E-state index is 0. The minimum Gasteiger partial charge on any atom is -0.480 e. The molecule has 0 aromatic carbocycles. The van der Waals surface area contributed by atoms with E-state index in [1.807, 2.05) is 0 Å². The predicted molar refractivity (Wildman–Crippen MR) is 37.9 cm³/mol. The van der Waals surface area contributed by atoms with Crippen molar-refractivity contribution in [3.05, 3.63) is 18.2 Å². The van der Waals surface area contributed by atoms with Crippen LogP contribution in [0.3, 0.4) is 0 Å². The van der Waals surface area contributed by atoms with Gasteiger partial charge in [0, 0.05) is 45.6 Å². The van der Waals surface area contributed by atoms with Crippen LogP contribution >= 0.6 is 0 Å². The van der Waals surface area contributed by atoms with E-state index in [-0.39, 0.29) is 33.7 Å². The summed E-state index contributed by atoms with van der Waals surface area (Å²) in [6.45, 7) is 0. The van der Waals surface area contributed by atoms with Crippen molar-refractivity contribution in [3.63, 3.8) is 0 Å². The minimum atomic E-state index is -1.00. The van der Waals surface area contributed by atoms with E-state index in [4.69, 9.17) is 10.8 Å². The molecule has 5 nitrogen and oxygen atoms in total. The van der Waals surface area contributed by atoms with Gasteiger partial charge in [-0.05, 0) is 0 Å². The smallest absolute Gasteiger partial charge is 0.320 e. The molecule has 1 rings (SSSR count). The Balaban J connectivity index is 0.00000121. The number of hydrogen-bond donors (Lipinski definition) is 3. The summed E-state index contributed by atoms with van der Waals surface area (Å²) in [5.41, 5.74) is 6.00. The third kappa shape index (κ3) is 3.31. The fraction of sp³-hybridized carbons (Fsp3) is 0.333. The molecule has 0 unspecified atom stereocenters. The molecule has 0 saturated heterocycles. The number of carboxylic acid groups (broad SMARTS) is 1. The fourth-order valence-electron chi connectivity index (χ4n) is 0.721. The molecule has 0 amide bonds. The Labute approximate surface area is 89.5 Å². The Morgan fingerprint density at radius 3 is 2.92 bits per heavy atom. The van der Waals surface area contributed by atoms with Gasteiger partial charge in [-0.25, -0.2) is 4.98 Å². The molecule has 4 N–H and O–H groups in total. The first kappa shape index (κ1) is 11.6. The van der Waals surface area contributed by atoms with Gasteiger partial charge in [-0.15, -0.1) is 0 Å². The Morgan fingerprint density at radius 2 is 2.50 bits per heavy atom. The quantitative estimate of drug-likeness (QED) is 0.635. The van der Waals surface area contributed by atoms with Crippen LogP contribution in [0.5, 0.6) is 0 Å². The van der Waals surface area contributed by atoms with E-state index >= 15 is 0 Å². The molecular formula is C6H9CdN3O2. The van der Waals surface area contributed by atoms with Gasteiger partial charge in [0.2, 0.25) is 0 Å². The maximum absolute atomic E-state index is 10.3. The maximum atomic E-state index is 10.3. The summed E-state index contributed by atoms with van der Waals surface area (Å²) in [7, 11) is 0. The predicted octanol–water partition coefficient (Wildman–Crippen LogP) is -0.638. The largest absolute Gasteiger partial charge is 0.480 e. The molecule has 12 heavy (non-hydrogen) atoms. The number of carboxylic acids is 1. The molecule has 1 aromatic heterocycles. The summed E-state index contributed by atoms with van der Waals surface area (Å²) in [6, 6.07) is -0.851. The normalized spacial score (nSPS) is 11.8. The molecule has 6 heteroatoms. The molecule has 0 bridgehead atoms. The van der Waals surface area contributed by atoms with Crippen molar-refractivity contribution in [1.82, 2.24) is 9.97 Å². The number of carbonyl (C=O) groups is 1. The van der Waals surface area contributed by atoms with Crippen LogP contribution in [-0.4, -0.2) is 27.1 Å². The summed E-state index contributed by atoms with van der Waals surface area (Å²) in [4.78, 5) is 16.8. The number of imidazole rings is 1. The summed E-state index contributed by atoms with van der Waals surface area (Å²) in [5.74, 6) is -1.00. The third-order valence-electron chi connectivity index (χ3n) is 1.31. The first-order chi connectivity index (χ1) is 5.20. The zero-order valence-corrected chi connectivity index (χ0v) is 10.6. The second-order valence-corrected chi connectivity index (χ2v) is 2.23. The van der Waals surface area contributed by atoms with Gasteiger partial charge in [0.25, 0.3) is 0 Å². The van der Waals surface area contributed by atoms with Crippen molar-refractivity contribution in [2.24, 2.45) is 5.73 Å². The number of aromatic amines is 1. The van der Waals surface area contributed by atoms with E-state index in [0.717, 1.165) is 5.69 Å². The van der Waals surface area contributed by atoms with Gasteiger partial charge in [-0.2, -0.15) is 0 Å². The second kappa shape index (κ2) is 5.25. The third-order valence-corrected chi connectivity index (χ3v) is 1.31. The van der Waals surface area contributed by atoms with Crippen LogP contribution in [0.4, 0.5) is 0 Å². The Kier molecular flexibility index (Phi) is 5.06. The number of rotatable bonds is 3. The molecule has 0 fully saturated rings. The van der Waals surface area contributed by atoms with Crippen LogP contribution in [0.25, 0.3) is 0 Å². The number of nitrogens with two attached hydrogens (primary N) is 1. The Morgan fingerprint density at radius 1 is 1.83 bits per heavy atom. The van der Waals surface area contributed by atoms with Crippen molar-refractivity contribution in [2.75, 3.05) is 0 Å². The molecule has 1 aromatic rings. The fourth-order valence-corrected chi connectivity index (χ4v) is 0.721. The standard InChI is InChI=1S/C6H9N3O2.Cd/c7-5(6(10)11)1-4-2-8-3-9-4;/h2-3,5H,1,7H2,(H,8,9)(H,10,11);/t5-;/m0./s1. The molecule has 0 aliphatic carbocycles. The van der Waals surface area contributed by atoms with Crippen LogP contribution in [0.1, 0.15) is 5.69 Å². The zero-order valence-electron chi connectivity index (χ0n) is 6.53. The van der Waals surface area contributed by atoms with Crippen LogP contribution in [0, 0.1) is 0 Å². The van der Waals surface area contributed by atoms with Gasteiger partial charge in [-0.3, -0.25) is 4.79 Å². The molecule has 1 heterocycles. The molecule has 0 spiro atoms. The summed E-state index contributed by atoms with van der Waals surface area (Å²) < 4.78 is 0. The molecule has 0 aliphatic heterocycles. The number of H-pyrrole nitrogens is 1. The molecule has 0 saturated carbocycles. The Bertz CT molecular complexity index is 237. The van der Waals surface area contributed by atoms with Crippen LogP contribution < -0.4 is 5.73 Å². The summed E-state index contributed by atoms with van der Waals surface area (Å²) in [6.07, 6.45) is 3.34. The number of nitrogens with one attached hydrogen (secondary N) is 1. The monoisotopic (exact) mass is 269 g/mol. The first-order valence-corrected chi connectivity index (χ1v) is 3.16. The van der Waals surface area contributed by atoms with Gasteiger partial charge in [-0.1, -0.05) is 0 Å². The molecular weight excluding hydrogens is 258 g/mol. The van der Waals surface area contributed by atoms with Crippen LogP contribution in [0.15, 0.2) is 12.5 Å². The van der Waals surface area contributed by atoms with Gasteiger partial charge in [0.15, 0.2) is 0 Å². The summed E-state index contributed by atoms with van der Waals surface area (Å²) in [5, 5.41) is 8.42. The maximum Gasteiger partial charge on any atom is 0.320 e. The number of nitrogens with zero attached hydrogens (tertiary/aromatic N) is 1. The Hall–Kier alpha value is -0.438. The van der Waals surface area contributed by atoms with Gasteiger partial charge >= 0.3 is 5.97 Å². The van der Waals surface area contributed by atoms with Gasteiger partial charge in [0.05, 0.1) is 6.33 Å². The van der Waals surface area contributed by atoms with Crippen LogP contribution in [-0.2, 0) is 38.5 Å². The average Bonchev–Trinajstić information content (AvgIpc) is 2.39. The zero-order chi connectivity index (χ0) is 8.27. The van der Waals surface area contributed by atoms with Crippen LogP contribution in [0.2, 0.25) is 0 Å². The number of hydrogen-bond acceptors (Lipinski definition) is 3. The van der Waals surface area contributed by atoms with Crippen molar-refractivity contribution < 1.29 is 37.2 Å². The molecule has 1 atom stereocenters. The van der Waals surface area contributed by atoms with Crippen molar-refractivity contribution in [1.29, 1.82) is 0 Å². The van der Waals surface area contributed by atoms with Gasteiger partial charge in [0.1, 0.15) is 6.04 Å². The van der Waals surface area contributed by atoms with Crippen molar-refractivity contribution in [2.45, 2.75) is 12.5 Å². The van der Waals surface area contributed by atoms with E-state index in [2.05, 4.69) is 9.97 Å². The van der Waals surface area contributed by atoms with Crippen molar-refractivity contribution in [3.8, 4) is 0 Å². The molecule has 0 aliphatic rings. The van der Waals surface area contributed by atoms with E-state index in [9.17, 15) is 4.79 Å². The summed E-state index contributed by atoms with van der Waals surface area (Å²) >= 11 is 0.